The summed E-state index contributed by atoms with van der Waals surface area (Å²) in [5, 5.41) is 0.422. The summed E-state index contributed by atoms with van der Waals surface area (Å²) in [6.07, 6.45) is 0.566. The van der Waals surface area contributed by atoms with Crippen molar-refractivity contribution < 1.29 is 4.39 Å². The van der Waals surface area contributed by atoms with Gasteiger partial charge in [0.1, 0.15) is 5.82 Å². The lowest BCUT2D eigenvalue weighted by Gasteiger charge is -2.25. The molecule has 0 aromatic heterocycles. The van der Waals surface area contributed by atoms with Crippen LogP contribution in [0, 0.1) is 5.82 Å². The molecule has 0 fully saturated rings. The average Bonchev–Trinajstić information content (AvgIpc) is 2.47. The molecule has 0 spiro atoms. The number of nitrogens with two attached hydrogens (primary N) is 1. The molecule has 0 bridgehead atoms. The number of halogens is 2. The Morgan fingerprint density at radius 2 is 1.86 bits per heavy atom. The molecule has 21 heavy (non-hydrogen) atoms. The van der Waals surface area contributed by atoms with Crippen molar-refractivity contribution in [1.29, 1.82) is 0 Å². The third kappa shape index (κ3) is 4.41. The van der Waals surface area contributed by atoms with Crippen molar-refractivity contribution in [2.75, 3.05) is 11.4 Å². The quantitative estimate of drug-likeness (QED) is 0.810. The predicted molar refractivity (Wildman–Crippen MR) is 90.3 cm³/mol. The summed E-state index contributed by atoms with van der Waals surface area (Å²) in [7, 11) is 0. The number of hydrogen-bond acceptors (Lipinski definition) is 2. The van der Waals surface area contributed by atoms with Gasteiger partial charge >= 0.3 is 0 Å². The number of nitrogens with zero attached hydrogens (tertiary/aromatic N) is 1. The minimum atomic E-state index is -0.307. The van der Waals surface area contributed by atoms with Crippen LogP contribution in [0.2, 0.25) is 5.02 Å². The summed E-state index contributed by atoms with van der Waals surface area (Å²) in [6.45, 7) is 0.988. The maximum absolute atomic E-state index is 14.0. The van der Waals surface area contributed by atoms with E-state index >= 15 is 0 Å². The Bertz CT molecular complexity index is 599. The average molecular weight is 323 g/mol. The molecule has 0 aliphatic heterocycles. The normalized spacial score (nSPS) is 10.4. The van der Waals surface area contributed by atoms with E-state index in [0.29, 0.717) is 35.1 Å². The van der Waals surface area contributed by atoms with Crippen LogP contribution < -0.4 is 10.6 Å². The molecule has 110 valence electrons. The van der Waals surface area contributed by atoms with Gasteiger partial charge in [-0.3, -0.25) is 0 Å². The Labute approximate surface area is 134 Å². The van der Waals surface area contributed by atoms with E-state index in [1.54, 1.807) is 12.1 Å². The van der Waals surface area contributed by atoms with Gasteiger partial charge in [0, 0.05) is 35.8 Å². The summed E-state index contributed by atoms with van der Waals surface area (Å²) in [5.41, 5.74) is 7.03. The number of rotatable bonds is 6. The van der Waals surface area contributed by atoms with Crippen molar-refractivity contribution in [2.45, 2.75) is 13.0 Å². The lowest BCUT2D eigenvalue weighted by molar-refractivity contribution is 0.604. The van der Waals surface area contributed by atoms with Crippen LogP contribution in [0.3, 0.4) is 0 Å². The van der Waals surface area contributed by atoms with Crippen molar-refractivity contribution in [3.05, 3.63) is 64.9 Å². The van der Waals surface area contributed by atoms with Crippen LogP contribution in [0.15, 0.2) is 48.5 Å². The summed E-state index contributed by atoms with van der Waals surface area (Å²) in [6, 6.07) is 14.4. The summed E-state index contributed by atoms with van der Waals surface area (Å²) in [4.78, 5) is 2.46. The van der Waals surface area contributed by atoms with E-state index in [-0.39, 0.29) is 5.82 Å². The predicted octanol–water partition coefficient (Wildman–Crippen LogP) is 4.16. The highest BCUT2D eigenvalue weighted by Crippen LogP contribution is 2.24. The second-order valence-electron chi connectivity index (χ2n) is 4.67. The topological polar surface area (TPSA) is 29.3 Å². The number of thiocarbonyl (C=S) groups is 1. The van der Waals surface area contributed by atoms with Crippen molar-refractivity contribution in [3.8, 4) is 0 Å². The minimum Gasteiger partial charge on any atom is -0.393 e. The van der Waals surface area contributed by atoms with Crippen LogP contribution in [0.4, 0.5) is 10.1 Å². The Kier molecular flexibility index (Phi) is 5.53. The molecular formula is C16H16ClFN2S. The van der Waals surface area contributed by atoms with E-state index in [4.69, 9.17) is 29.6 Å². The molecule has 0 saturated carbocycles. The zero-order valence-corrected chi connectivity index (χ0v) is 13.0. The van der Waals surface area contributed by atoms with Gasteiger partial charge in [0.25, 0.3) is 0 Å². The summed E-state index contributed by atoms with van der Waals surface area (Å²) < 4.78 is 14.0. The van der Waals surface area contributed by atoms with Crippen LogP contribution in [-0.2, 0) is 6.54 Å². The van der Waals surface area contributed by atoms with Gasteiger partial charge < -0.3 is 10.6 Å². The van der Waals surface area contributed by atoms with Gasteiger partial charge in [-0.15, -0.1) is 0 Å². The molecule has 0 saturated heterocycles. The molecule has 2 aromatic carbocycles. The first-order chi connectivity index (χ1) is 10.1. The third-order valence-corrected chi connectivity index (χ3v) is 3.72. The SMILES string of the molecule is NC(=S)CCN(Cc1c(F)cccc1Cl)c1ccccc1. The lowest BCUT2D eigenvalue weighted by atomic mass is 10.1. The van der Waals surface area contributed by atoms with Gasteiger partial charge in [-0.05, 0) is 24.3 Å². The molecule has 0 unspecified atom stereocenters. The monoisotopic (exact) mass is 322 g/mol. The Morgan fingerprint density at radius 1 is 1.14 bits per heavy atom. The zero-order valence-electron chi connectivity index (χ0n) is 11.4. The standard InChI is InChI=1S/C16H16ClFN2S/c17-14-7-4-8-15(18)13(14)11-20(10-9-16(19)21)12-5-2-1-3-6-12/h1-8H,9-11H2,(H2,19,21). The first-order valence-electron chi connectivity index (χ1n) is 6.59. The molecular weight excluding hydrogens is 307 g/mol. The first-order valence-corrected chi connectivity index (χ1v) is 7.37. The second-order valence-corrected chi connectivity index (χ2v) is 5.61. The molecule has 2 N–H and O–H groups in total. The largest absolute Gasteiger partial charge is 0.393 e. The van der Waals surface area contributed by atoms with Gasteiger partial charge in [-0.2, -0.15) is 0 Å². The van der Waals surface area contributed by atoms with E-state index in [2.05, 4.69) is 0 Å². The summed E-state index contributed by atoms with van der Waals surface area (Å²) >= 11 is 11.0. The molecule has 0 amide bonds. The Hall–Kier alpha value is -1.65. The fraction of sp³-hybridized carbons (Fsp3) is 0.188. The molecule has 0 radical (unpaired) electrons. The van der Waals surface area contributed by atoms with Crippen molar-refractivity contribution in [1.82, 2.24) is 0 Å². The molecule has 2 aromatic rings. The van der Waals surface area contributed by atoms with E-state index < -0.39 is 0 Å². The van der Waals surface area contributed by atoms with Gasteiger partial charge in [0.15, 0.2) is 0 Å². The van der Waals surface area contributed by atoms with Gasteiger partial charge in [0.2, 0.25) is 0 Å². The smallest absolute Gasteiger partial charge is 0.129 e. The molecule has 5 heteroatoms. The highest BCUT2D eigenvalue weighted by Gasteiger charge is 2.13. The van der Waals surface area contributed by atoms with Crippen LogP contribution in [0.5, 0.6) is 0 Å². The Balaban J connectivity index is 2.25. The minimum absolute atomic E-state index is 0.307. The van der Waals surface area contributed by atoms with Crippen LogP contribution in [0.25, 0.3) is 0 Å². The number of anilines is 1. The van der Waals surface area contributed by atoms with E-state index in [1.165, 1.54) is 6.07 Å². The molecule has 0 aliphatic rings. The lowest BCUT2D eigenvalue weighted by Crippen LogP contribution is -2.27. The van der Waals surface area contributed by atoms with Crippen LogP contribution in [-0.4, -0.2) is 11.5 Å². The van der Waals surface area contributed by atoms with Crippen molar-refractivity contribution in [3.63, 3.8) is 0 Å². The fourth-order valence-corrected chi connectivity index (χ4v) is 2.37. The van der Waals surface area contributed by atoms with E-state index in [9.17, 15) is 4.39 Å². The zero-order chi connectivity index (χ0) is 15.2. The van der Waals surface area contributed by atoms with Crippen molar-refractivity contribution in [2.24, 2.45) is 5.73 Å². The van der Waals surface area contributed by atoms with Gasteiger partial charge in [0.05, 0.1) is 4.99 Å². The van der Waals surface area contributed by atoms with E-state index in [1.807, 2.05) is 35.2 Å². The molecule has 0 atom stereocenters. The number of benzene rings is 2. The fourth-order valence-electron chi connectivity index (χ4n) is 2.06. The Morgan fingerprint density at radius 3 is 2.48 bits per heavy atom. The van der Waals surface area contributed by atoms with Gasteiger partial charge in [-0.25, -0.2) is 4.39 Å². The second kappa shape index (κ2) is 7.38. The molecule has 2 rings (SSSR count). The van der Waals surface area contributed by atoms with Crippen LogP contribution >= 0.6 is 23.8 Å². The molecule has 0 heterocycles. The molecule has 0 aliphatic carbocycles. The van der Waals surface area contributed by atoms with Crippen LogP contribution in [0.1, 0.15) is 12.0 Å². The molecule has 2 nitrogen and oxygen atoms in total. The third-order valence-electron chi connectivity index (χ3n) is 3.16. The van der Waals surface area contributed by atoms with E-state index in [0.717, 1.165) is 5.69 Å². The maximum Gasteiger partial charge on any atom is 0.129 e. The number of hydrogen-bond donors (Lipinski definition) is 1. The first kappa shape index (κ1) is 15.7. The summed E-state index contributed by atoms with van der Waals surface area (Å²) in [5.74, 6) is -0.307. The maximum atomic E-state index is 14.0. The van der Waals surface area contributed by atoms with Gasteiger partial charge in [-0.1, -0.05) is 48.1 Å². The highest BCUT2D eigenvalue weighted by molar-refractivity contribution is 7.80. The van der Waals surface area contributed by atoms with Crippen molar-refractivity contribution >= 4 is 34.5 Å². The highest BCUT2D eigenvalue weighted by atomic mass is 35.5. The number of para-hydroxylation sites is 1.